The molecule has 0 bridgehead atoms. The molecule has 6 heteroatoms. The maximum absolute atomic E-state index is 12.8. The minimum atomic E-state index is -0.637. The van der Waals surface area contributed by atoms with Gasteiger partial charge in [0.1, 0.15) is 11.3 Å². The largest absolute Gasteiger partial charge is 0.444 e. The van der Waals surface area contributed by atoms with Gasteiger partial charge in [-0.15, -0.1) is 0 Å². The predicted molar refractivity (Wildman–Crippen MR) is 105 cm³/mol. The summed E-state index contributed by atoms with van der Waals surface area (Å²) < 4.78 is 11.6. The van der Waals surface area contributed by atoms with E-state index in [0.29, 0.717) is 12.5 Å². The molecule has 150 valence electrons. The Balaban J connectivity index is 1.59. The Labute approximate surface area is 162 Å². The van der Waals surface area contributed by atoms with E-state index < -0.39 is 11.3 Å². The number of nitrogens with zero attached hydrogens (tertiary/aromatic N) is 3. The van der Waals surface area contributed by atoms with E-state index in [0.717, 1.165) is 32.5 Å². The number of ether oxygens (including phenoxy) is 2. The van der Waals surface area contributed by atoms with Crippen molar-refractivity contribution in [3.05, 3.63) is 30.1 Å². The van der Waals surface area contributed by atoms with Gasteiger partial charge in [0.15, 0.2) is 0 Å². The fourth-order valence-electron chi connectivity index (χ4n) is 4.08. The third kappa shape index (κ3) is 4.99. The molecule has 0 radical (unpaired) electrons. The number of carbonyl (C=O) groups is 1. The Kier molecular flexibility index (Phi) is 5.77. The first-order chi connectivity index (χ1) is 12.7. The van der Waals surface area contributed by atoms with Crippen LogP contribution in [0.3, 0.4) is 0 Å². The number of amides is 1. The summed E-state index contributed by atoms with van der Waals surface area (Å²) in [6.45, 7) is 13.0. The van der Waals surface area contributed by atoms with Crippen LogP contribution in [0.2, 0.25) is 0 Å². The Morgan fingerprint density at radius 1 is 1.26 bits per heavy atom. The zero-order valence-corrected chi connectivity index (χ0v) is 17.3. The van der Waals surface area contributed by atoms with Crippen molar-refractivity contribution in [2.75, 3.05) is 26.2 Å². The van der Waals surface area contributed by atoms with E-state index in [1.807, 2.05) is 47.0 Å². The van der Waals surface area contributed by atoms with Gasteiger partial charge < -0.3 is 14.4 Å². The van der Waals surface area contributed by atoms with Crippen molar-refractivity contribution in [2.45, 2.75) is 70.7 Å². The molecule has 2 aliphatic heterocycles. The number of likely N-dealkylation sites (tertiary alicyclic amines) is 1. The van der Waals surface area contributed by atoms with E-state index in [1.54, 1.807) is 4.90 Å². The van der Waals surface area contributed by atoms with Crippen molar-refractivity contribution in [1.82, 2.24) is 14.8 Å². The maximum atomic E-state index is 12.8. The second-order valence-corrected chi connectivity index (χ2v) is 9.12. The first-order valence-corrected chi connectivity index (χ1v) is 9.94. The summed E-state index contributed by atoms with van der Waals surface area (Å²) in [5.74, 6) is 0.600. The quantitative estimate of drug-likeness (QED) is 0.807. The normalized spacial score (nSPS) is 24.2. The number of hydrogen-bond acceptors (Lipinski definition) is 5. The Bertz CT molecular complexity index is 634. The zero-order chi connectivity index (χ0) is 19.7. The number of aromatic nitrogens is 1. The van der Waals surface area contributed by atoms with Crippen LogP contribution in [-0.4, -0.2) is 64.5 Å². The van der Waals surface area contributed by atoms with Crippen molar-refractivity contribution in [3.63, 3.8) is 0 Å². The highest BCUT2D eigenvalue weighted by molar-refractivity contribution is 5.69. The Morgan fingerprint density at radius 3 is 2.48 bits per heavy atom. The molecule has 0 spiro atoms. The van der Waals surface area contributed by atoms with Crippen LogP contribution in [0.1, 0.15) is 58.9 Å². The van der Waals surface area contributed by atoms with E-state index in [2.05, 4.69) is 22.0 Å². The summed E-state index contributed by atoms with van der Waals surface area (Å²) in [4.78, 5) is 21.1. The summed E-state index contributed by atoms with van der Waals surface area (Å²) in [5, 5.41) is 0. The highest BCUT2D eigenvalue weighted by atomic mass is 16.6. The van der Waals surface area contributed by atoms with E-state index in [-0.39, 0.29) is 12.1 Å². The van der Waals surface area contributed by atoms with E-state index in [4.69, 9.17) is 9.47 Å². The first kappa shape index (κ1) is 20.1. The number of carbonyl (C=O) groups excluding carboxylic acids is 1. The number of piperidine rings is 1. The van der Waals surface area contributed by atoms with Crippen LogP contribution in [0.25, 0.3) is 0 Å². The fraction of sp³-hybridized carbons (Fsp3) is 0.714. The Morgan fingerprint density at radius 2 is 1.89 bits per heavy atom. The molecule has 0 N–H and O–H groups in total. The van der Waals surface area contributed by atoms with Crippen LogP contribution in [0.5, 0.6) is 0 Å². The van der Waals surface area contributed by atoms with Crippen LogP contribution in [0.15, 0.2) is 24.5 Å². The van der Waals surface area contributed by atoms with Gasteiger partial charge in [-0.05, 0) is 84.2 Å². The van der Waals surface area contributed by atoms with Gasteiger partial charge >= 0.3 is 6.09 Å². The average Bonchev–Trinajstić information content (AvgIpc) is 2.89. The predicted octanol–water partition coefficient (Wildman–Crippen LogP) is 3.63. The van der Waals surface area contributed by atoms with Crippen molar-refractivity contribution >= 4 is 6.09 Å². The monoisotopic (exact) mass is 375 g/mol. The lowest BCUT2D eigenvalue weighted by Gasteiger charge is -2.38. The first-order valence-electron chi connectivity index (χ1n) is 9.94. The lowest BCUT2D eigenvalue weighted by molar-refractivity contribution is -0.0634. The van der Waals surface area contributed by atoms with Gasteiger partial charge in [0.25, 0.3) is 0 Å². The summed E-state index contributed by atoms with van der Waals surface area (Å²) in [6.07, 6.45) is 5.72. The molecule has 3 rings (SSSR count). The average molecular weight is 376 g/mol. The van der Waals surface area contributed by atoms with E-state index in [1.165, 1.54) is 5.56 Å². The lowest BCUT2D eigenvalue weighted by Crippen LogP contribution is -2.53. The summed E-state index contributed by atoms with van der Waals surface area (Å²) in [5.41, 5.74) is 0.233. The van der Waals surface area contributed by atoms with Crippen molar-refractivity contribution < 1.29 is 14.3 Å². The molecule has 0 aliphatic carbocycles. The third-order valence-corrected chi connectivity index (χ3v) is 5.40. The van der Waals surface area contributed by atoms with Gasteiger partial charge in [-0.1, -0.05) is 0 Å². The van der Waals surface area contributed by atoms with Crippen LogP contribution in [0, 0.1) is 0 Å². The van der Waals surface area contributed by atoms with Crippen LogP contribution in [-0.2, 0) is 9.47 Å². The van der Waals surface area contributed by atoms with E-state index >= 15 is 0 Å². The van der Waals surface area contributed by atoms with Gasteiger partial charge in [0.05, 0.1) is 12.6 Å². The molecule has 1 aromatic rings. The SMILES string of the molecule is CC(C)(C)OC(=O)N1C(CN2CCC(c3ccncc3)CC2)COC1(C)C. The van der Waals surface area contributed by atoms with Gasteiger partial charge in [-0.25, -0.2) is 4.79 Å². The molecule has 0 saturated carbocycles. The molecule has 6 nitrogen and oxygen atoms in total. The Hall–Kier alpha value is -1.66. The second kappa shape index (κ2) is 7.76. The molecule has 1 unspecified atom stereocenters. The highest BCUT2D eigenvalue weighted by Crippen LogP contribution is 2.32. The van der Waals surface area contributed by atoms with Crippen molar-refractivity contribution in [1.29, 1.82) is 0 Å². The fourth-order valence-corrected chi connectivity index (χ4v) is 4.08. The minimum Gasteiger partial charge on any atom is -0.444 e. The minimum absolute atomic E-state index is 0.0207. The molecule has 2 saturated heterocycles. The van der Waals surface area contributed by atoms with Gasteiger partial charge in [0, 0.05) is 18.9 Å². The van der Waals surface area contributed by atoms with Crippen molar-refractivity contribution in [3.8, 4) is 0 Å². The van der Waals surface area contributed by atoms with Crippen LogP contribution in [0.4, 0.5) is 4.79 Å². The van der Waals surface area contributed by atoms with Crippen LogP contribution >= 0.6 is 0 Å². The molecule has 2 aliphatic rings. The summed E-state index contributed by atoms with van der Waals surface area (Å²) in [7, 11) is 0. The molecule has 1 atom stereocenters. The maximum Gasteiger partial charge on any atom is 0.412 e. The van der Waals surface area contributed by atoms with Gasteiger partial charge in [-0.2, -0.15) is 0 Å². The summed E-state index contributed by atoms with van der Waals surface area (Å²) >= 11 is 0. The number of pyridine rings is 1. The second-order valence-electron chi connectivity index (χ2n) is 9.12. The third-order valence-electron chi connectivity index (χ3n) is 5.40. The molecule has 1 aromatic heterocycles. The molecular weight excluding hydrogens is 342 g/mol. The zero-order valence-electron chi connectivity index (χ0n) is 17.3. The highest BCUT2D eigenvalue weighted by Gasteiger charge is 2.46. The topological polar surface area (TPSA) is 54.9 Å². The molecule has 3 heterocycles. The molecule has 27 heavy (non-hydrogen) atoms. The molecule has 0 aromatic carbocycles. The van der Waals surface area contributed by atoms with Gasteiger partial charge in [0.2, 0.25) is 0 Å². The standard InChI is InChI=1S/C21H33N3O3/c1-20(2,3)27-19(25)24-18(15-26-21(24,4)5)14-23-12-8-17(9-13-23)16-6-10-22-11-7-16/h6-7,10-11,17-18H,8-9,12-15H2,1-5H3. The smallest absolute Gasteiger partial charge is 0.412 e. The van der Waals surface area contributed by atoms with Crippen molar-refractivity contribution in [2.24, 2.45) is 0 Å². The number of hydrogen-bond donors (Lipinski definition) is 0. The molecule has 1 amide bonds. The van der Waals surface area contributed by atoms with Gasteiger partial charge in [-0.3, -0.25) is 9.88 Å². The molecular formula is C21H33N3O3. The lowest BCUT2D eigenvalue weighted by atomic mass is 9.90. The van der Waals surface area contributed by atoms with E-state index in [9.17, 15) is 4.79 Å². The van der Waals surface area contributed by atoms with Crippen LogP contribution < -0.4 is 0 Å². The number of rotatable bonds is 3. The summed E-state index contributed by atoms with van der Waals surface area (Å²) in [6, 6.07) is 4.27. The molecule has 2 fully saturated rings.